The van der Waals surface area contributed by atoms with Gasteiger partial charge < -0.3 is 9.84 Å². The maximum atomic E-state index is 13.0. The Bertz CT molecular complexity index is 1420. The van der Waals surface area contributed by atoms with E-state index in [9.17, 15) is 9.90 Å². The van der Waals surface area contributed by atoms with E-state index < -0.39 is 0 Å². The maximum Gasteiger partial charge on any atom is 0.331 e. The van der Waals surface area contributed by atoms with E-state index in [2.05, 4.69) is 86.6 Å². The van der Waals surface area contributed by atoms with Gasteiger partial charge in [0.2, 0.25) is 0 Å². The molecule has 0 aromatic carbocycles. The molecule has 0 heterocycles. The largest absolute Gasteiger partial charge is 0.459 e. The summed E-state index contributed by atoms with van der Waals surface area (Å²) in [7, 11) is 0. The number of hydrogen-bond acceptors (Lipinski definition) is 3. The number of carbonyl (C=O) groups is 1. The van der Waals surface area contributed by atoms with Gasteiger partial charge in [-0.25, -0.2) is 4.79 Å². The SMILES string of the molecule is CC(C=CC1=C(C)CCCC1(C)C)=CC=CC(C)=CC(=O)OC1CC[C@@]2(C)C(=CC[C@@H]3[C@H]2CC[C@]2(C)[C@@H]([C@H](C)C(O)CCC(C)C)CC[C@@H]32)C1. The molecule has 0 aromatic rings. The number of fused-ring (bicyclic) bond motifs is 5. The van der Waals surface area contributed by atoms with Crippen LogP contribution >= 0.6 is 0 Å². The minimum Gasteiger partial charge on any atom is -0.459 e. The summed E-state index contributed by atoms with van der Waals surface area (Å²) in [5.41, 5.74) is 7.48. The molecule has 9 atom stereocenters. The Hall–Kier alpha value is -2.13. The van der Waals surface area contributed by atoms with E-state index in [1.807, 2.05) is 19.1 Å². The second kappa shape index (κ2) is 15.9. The minimum atomic E-state index is -0.215. The first-order chi connectivity index (χ1) is 23.5. The fraction of sp³-hybridized carbons (Fsp3) is 0.723. The van der Waals surface area contributed by atoms with Crippen molar-refractivity contribution < 1.29 is 14.6 Å². The molecule has 3 nitrogen and oxygen atoms in total. The van der Waals surface area contributed by atoms with Crippen LogP contribution in [-0.2, 0) is 9.53 Å². The molecule has 0 aromatic heterocycles. The average molecular weight is 685 g/mol. The molecule has 0 amide bonds. The highest BCUT2D eigenvalue weighted by atomic mass is 16.5. The molecule has 0 bridgehead atoms. The summed E-state index contributed by atoms with van der Waals surface area (Å²) in [6, 6.07) is 0. The molecular formula is C47H72O3. The molecule has 0 saturated heterocycles. The highest BCUT2D eigenvalue weighted by molar-refractivity contribution is 5.83. The van der Waals surface area contributed by atoms with Crippen LogP contribution in [-0.4, -0.2) is 23.3 Å². The van der Waals surface area contributed by atoms with Crippen molar-refractivity contribution in [3.8, 4) is 0 Å². The lowest BCUT2D eigenvalue weighted by atomic mass is 9.47. The summed E-state index contributed by atoms with van der Waals surface area (Å²) in [4.78, 5) is 13.0. The molecule has 278 valence electrons. The summed E-state index contributed by atoms with van der Waals surface area (Å²) >= 11 is 0. The molecule has 5 rings (SSSR count). The first kappa shape index (κ1) is 39.1. The van der Waals surface area contributed by atoms with Gasteiger partial charge in [0.15, 0.2) is 0 Å². The quantitative estimate of drug-likeness (QED) is 0.102. The van der Waals surface area contributed by atoms with Crippen molar-refractivity contribution in [2.45, 2.75) is 165 Å². The number of aliphatic hydroxyl groups excluding tert-OH is 1. The van der Waals surface area contributed by atoms with Crippen LogP contribution in [0.1, 0.15) is 153 Å². The van der Waals surface area contributed by atoms with E-state index in [0.29, 0.717) is 23.2 Å². The first-order valence-corrected chi connectivity index (χ1v) is 20.5. The zero-order valence-corrected chi connectivity index (χ0v) is 33.6. The van der Waals surface area contributed by atoms with Crippen LogP contribution in [0.15, 0.2) is 70.4 Å². The van der Waals surface area contributed by atoms with E-state index in [1.54, 1.807) is 11.6 Å². The Morgan fingerprint density at radius 1 is 0.960 bits per heavy atom. The van der Waals surface area contributed by atoms with Gasteiger partial charge >= 0.3 is 5.97 Å². The Balaban J connectivity index is 1.15. The number of hydrogen-bond donors (Lipinski definition) is 1. The molecule has 2 unspecified atom stereocenters. The number of esters is 1. The highest BCUT2D eigenvalue weighted by Crippen LogP contribution is 2.67. The molecule has 50 heavy (non-hydrogen) atoms. The molecular weight excluding hydrogens is 613 g/mol. The number of aliphatic hydroxyl groups is 1. The molecule has 1 N–H and O–H groups in total. The number of ether oxygens (including phenoxy) is 1. The van der Waals surface area contributed by atoms with E-state index in [4.69, 9.17) is 4.74 Å². The van der Waals surface area contributed by atoms with Gasteiger partial charge in [-0.3, -0.25) is 0 Å². The van der Waals surface area contributed by atoms with Crippen molar-refractivity contribution in [3.05, 3.63) is 70.4 Å². The number of allylic oxidation sites excluding steroid dienone is 10. The maximum absolute atomic E-state index is 13.0. The molecule has 5 aliphatic rings. The Morgan fingerprint density at radius 3 is 2.44 bits per heavy atom. The van der Waals surface area contributed by atoms with Crippen molar-refractivity contribution in [1.29, 1.82) is 0 Å². The Morgan fingerprint density at radius 2 is 1.72 bits per heavy atom. The minimum absolute atomic E-state index is 0.0293. The zero-order valence-electron chi connectivity index (χ0n) is 33.6. The third-order valence-electron chi connectivity index (χ3n) is 14.8. The smallest absolute Gasteiger partial charge is 0.331 e. The van der Waals surface area contributed by atoms with Crippen LogP contribution in [0.2, 0.25) is 0 Å². The molecule has 3 saturated carbocycles. The van der Waals surface area contributed by atoms with Crippen molar-refractivity contribution >= 4 is 5.97 Å². The monoisotopic (exact) mass is 685 g/mol. The third kappa shape index (κ3) is 8.40. The topological polar surface area (TPSA) is 46.5 Å². The summed E-state index contributed by atoms with van der Waals surface area (Å²) in [6.07, 6.45) is 29.9. The van der Waals surface area contributed by atoms with Crippen LogP contribution in [0, 0.1) is 51.8 Å². The molecule has 3 fully saturated rings. The average Bonchev–Trinajstić information content (AvgIpc) is 3.40. The van der Waals surface area contributed by atoms with E-state index in [-0.39, 0.29) is 29.0 Å². The molecule has 0 spiro atoms. The van der Waals surface area contributed by atoms with Gasteiger partial charge in [-0.05, 0) is 161 Å². The van der Waals surface area contributed by atoms with Gasteiger partial charge in [-0.1, -0.05) is 102 Å². The predicted molar refractivity (Wildman–Crippen MR) is 210 cm³/mol. The number of rotatable bonds is 11. The van der Waals surface area contributed by atoms with Crippen molar-refractivity contribution in [1.82, 2.24) is 0 Å². The lowest BCUT2D eigenvalue weighted by Crippen LogP contribution is -2.51. The standard InChI is InChI=1S/C47H72O3/c1-31(2)16-23-43(48)35(6)40-21-22-41-38-19-18-36-30-37(24-27-46(36,9)42(38)25-28-47(40,41)10)50-44(49)29-33(4)14-11-13-32(3)17-20-39-34(5)15-12-26-45(39,7)8/h11,13-14,17-18,20,29,31,35,37-38,40-43,48H,12,15-16,19,21-28,30H2,1-10H3/t35-,37?,38-,40+,41-,42+,43?,46-,47+/m0/s1. The second-order valence-corrected chi connectivity index (χ2v) is 19.1. The van der Waals surface area contributed by atoms with Gasteiger partial charge in [0.25, 0.3) is 0 Å². The zero-order chi connectivity index (χ0) is 36.4. The summed E-state index contributed by atoms with van der Waals surface area (Å²) in [5, 5.41) is 11.2. The van der Waals surface area contributed by atoms with Crippen LogP contribution in [0.5, 0.6) is 0 Å². The van der Waals surface area contributed by atoms with Gasteiger partial charge in [-0.15, -0.1) is 0 Å². The van der Waals surface area contributed by atoms with Gasteiger partial charge in [-0.2, -0.15) is 0 Å². The second-order valence-electron chi connectivity index (χ2n) is 19.1. The van der Waals surface area contributed by atoms with Crippen molar-refractivity contribution in [2.24, 2.45) is 51.8 Å². The fourth-order valence-electron chi connectivity index (χ4n) is 11.7. The van der Waals surface area contributed by atoms with Crippen molar-refractivity contribution in [2.75, 3.05) is 0 Å². The van der Waals surface area contributed by atoms with Gasteiger partial charge in [0, 0.05) is 12.5 Å². The Labute approximate surface area is 306 Å². The molecule has 0 radical (unpaired) electrons. The molecule has 0 aliphatic heterocycles. The summed E-state index contributed by atoms with van der Waals surface area (Å²) in [6.45, 7) is 23.1. The highest BCUT2D eigenvalue weighted by Gasteiger charge is 2.59. The number of carbonyl (C=O) groups excluding carboxylic acids is 1. The summed E-state index contributed by atoms with van der Waals surface area (Å²) < 4.78 is 6.09. The third-order valence-corrected chi connectivity index (χ3v) is 14.8. The Kier molecular flexibility index (Phi) is 12.4. The molecule has 5 aliphatic carbocycles. The predicted octanol–water partition coefficient (Wildman–Crippen LogP) is 12.4. The lowest BCUT2D eigenvalue weighted by molar-refractivity contribution is -0.145. The van der Waals surface area contributed by atoms with E-state index in [0.717, 1.165) is 55.4 Å². The van der Waals surface area contributed by atoms with E-state index in [1.165, 1.54) is 68.1 Å². The normalized spacial score (nSPS) is 35.9. The van der Waals surface area contributed by atoms with Crippen LogP contribution < -0.4 is 0 Å². The van der Waals surface area contributed by atoms with Crippen LogP contribution in [0.4, 0.5) is 0 Å². The van der Waals surface area contributed by atoms with Crippen LogP contribution in [0.25, 0.3) is 0 Å². The van der Waals surface area contributed by atoms with Crippen LogP contribution in [0.3, 0.4) is 0 Å². The van der Waals surface area contributed by atoms with Gasteiger partial charge in [0.05, 0.1) is 6.10 Å². The first-order valence-electron chi connectivity index (χ1n) is 20.5. The summed E-state index contributed by atoms with van der Waals surface area (Å²) in [5.74, 6) is 3.69. The molecule has 3 heteroatoms. The fourth-order valence-corrected chi connectivity index (χ4v) is 11.7. The lowest BCUT2D eigenvalue weighted by Gasteiger charge is -2.58. The van der Waals surface area contributed by atoms with Crippen molar-refractivity contribution in [3.63, 3.8) is 0 Å². The van der Waals surface area contributed by atoms with E-state index >= 15 is 0 Å². The van der Waals surface area contributed by atoms with Gasteiger partial charge in [0.1, 0.15) is 6.10 Å².